The van der Waals surface area contributed by atoms with E-state index in [0.717, 1.165) is 35.7 Å². The molecule has 3 N–H and O–H groups in total. The predicted octanol–water partition coefficient (Wildman–Crippen LogP) is 3.61. The number of ether oxygens (including phenoxy) is 2. The number of benzene rings is 1. The summed E-state index contributed by atoms with van der Waals surface area (Å²) in [6, 6.07) is 11.5. The minimum Gasteiger partial charge on any atom is -0.497 e. The summed E-state index contributed by atoms with van der Waals surface area (Å²) in [7, 11) is 1.65. The maximum absolute atomic E-state index is 10.2. The van der Waals surface area contributed by atoms with E-state index in [1.165, 1.54) is 11.3 Å². The molecule has 8 heteroatoms. The van der Waals surface area contributed by atoms with Gasteiger partial charge >= 0.3 is 0 Å². The molecule has 0 radical (unpaired) electrons. The Balaban J connectivity index is 1.66. The standard InChI is InChI=1S/C20H28ClN3O3S/c1-3-22-20(24-13-17(25)18-9-10-19(21)28-18)23-11-4-12-27-14-15-5-7-16(26-2)8-6-15/h5-10,17,25H,3-4,11-14H2,1-2H3,(H2,22,23,24). The average molecular weight is 426 g/mol. The van der Waals surface area contributed by atoms with Crippen molar-refractivity contribution in [3.05, 3.63) is 51.2 Å². The van der Waals surface area contributed by atoms with Crippen LogP contribution in [-0.4, -0.2) is 44.4 Å². The fourth-order valence-electron chi connectivity index (χ4n) is 2.41. The monoisotopic (exact) mass is 425 g/mol. The maximum Gasteiger partial charge on any atom is 0.191 e. The Bertz CT molecular complexity index is 722. The molecule has 0 fully saturated rings. The van der Waals surface area contributed by atoms with Crippen LogP contribution in [0, 0.1) is 0 Å². The normalized spacial score (nSPS) is 12.6. The Morgan fingerprint density at radius 2 is 2.00 bits per heavy atom. The van der Waals surface area contributed by atoms with Crippen LogP contribution >= 0.6 is 22.9 Å². The lowest BCUT2D eigenvalue weighted by Crippen LogP contribution is -2.38. The quantitative estimate of drug-likeness (QED) is 0.291. The van der Waals surface area contributed by atoms with Gasteiger partial charge in [0.25, 0.3) is 0 Å². The number of hydrogen-bond donors (Lipinski definition) is 3. The van der Waals surface area contributed by atoms with Crippen LogP contribution < -0.4 is 15.4 Å². The highest BCUT2D eigenvalue weighted by Gasteiger charge is 2.10. The number of aliphatic hydroxyl groups excluding tert-OH is 1. The molecule has 2 aromatic rings. The second-order valence-corrected chi connectivity index (χ2v) is 7.80. The summed E-state index contributed by atoms with van der Waals surface area (Å²) in [6.07, 6.45) is 0.199. The summed E-state index contributed by atoms with van der Waals surface area (Å²) in [5, 5.41) is 16.6. The Kier molecular flexibility index (Phi) is 10.1. The van der Waals surface area contributed by atoms with E-state index in [-0.39, 0.29) is 6.54 Å². The van der Waals surface area contributed by atoms with E-state index in [2.05, 4.69) is 15.6 Å². The highest BCUT2D eigenvalue weighted by Crippen LogP contribution is 2.26. The van der Waals surface area contributed by atoms with Crippen LogP contribution in [0.15, 0.2) is 41.4 Å². The Morgan fingerprint density at radius 3 is 2.64 bits per heavy atom. The van der Waals surface area contributed by atoms with E-state index in [9.17, 15) is 5.11 Å². The lowest BCUT2D eigenvalue weighted by atomic mass is 10.2. The highest BCUT2D eigenvalue weighted by molar-refractivity contribution is 7.16. The Morgan fingerprint density at radius 1 is 1.21 bits per heavy atom. The van der Waals surface area contributed by atoms with Crippen molar-refractivity contribution in [3.63, 3.8) is 0 Å². The van der Waals surface area contributed by atoms with E-state index in [1.807, 2.05) is 37.3 Å². The Hall–Kier alpha value is -1.80. The number of guanidine groups is 1. The SMILES string of the molecule is CCNC(=NCC(O)c1ccc(Cl)s1)NCCCOCc1ccc(OC)cc1. The number of methoxy groups -OCH3 is 1. The van der Waals surface area contributed by atoms with Crippen molar-refractivity contribution in [2.75, 3.05) is 33.4 Å². The molecule has 1 aromatic heterocycles. The van der Waals surface area contributed by atoms with Crippen molar-refractivity contribution in [2.24, 2.45) is 4.99 Å². The molecule has 0 bridgehead atoms. The first-order valence-corrected chi connectivity index (χ1v) is 10.5. The zero-order chi connectivity index (χ0) is 20.2. The molecule has 0 saturated heterocycles. The van der Waals surface area contributed by atoms with Gasteiger partial charge in [-0.1, -0.05) is 23.7 Å². The largest absolute Gasteiger partial charge is 0.497 e. The summed E-state index contributed by atoms with van der Waals surface area (Å²) in [6.45, 7) is 4.99. The molecule has 0 aliphatic rings. The molecular formula is C20H28ClN3O3S. The molecular weight excluding hydrogens is 398 g/mol. The van der Waals surface area contributed by atoms with E-state index in [0.29, 0.717) is 23.5 Å². The first-order chi connectivity index (χ1) is 13.6. The van der Waals surface area contributed by atoms with Crippen molar-refractivity contribution in [1.82, 2.24) is 10.6 Å². The van der Waals surface area contributed by atoms with Crippen molar-refractivity contribution < 1.29 is 14.6 Å². The van der Waals surface area contributed by atoms with E-state index in [4.69, 9.17) is 21.1 Å². The topological polar surface area (TPSA) is 75.1 Å². The molecule has 1 atom stereocenters. The minimum absolute atomic E-state index is 0.278. The van der Waals surface area contributed by atoms with Gasteiger partial charge in [0.15, 0.2) is 5.96 Å². The smallest absolute Gasteiger partial charge is 0.191 e. The van der Waals surface area contributed by atoms with Crippen LogP contribution in [-0.2, 0) is 11.3 Å². The number of halogens is 1. The predicted molar refractivity (Wildman–Crippen MR) is 116 cm³/mol. The highest BCUT2D eigenvalue weighted by atomic mass is 35.5. The van der Waals surface area contributed by atoms with Crippen molar-refractivity contribution in [2.45, 2.75) is 26.1 Å². The fourth-order valence-corrected chi connectivity index (χ4v) is 3.45. The summed E-state index contributed by atoms with van der Waals surface area (Å²) in [4.78, 5) is 5.25. The van der Waals surface area contributed by atoms with Gasteiger partial charge in [0.1, 0.15) is 11.9 Å². The fraction of sp³-hybridized carbons (Fsp3) is 0.450. The number of nitrogens with zero attached hydrogens (tertiary/aromatic N) is 1. The van der Waals surface area contributed by atoms with Gasteiger partial charge in [0.05, 0.1) is 24.6 Å². The zero-order valence-corrected chi connectivity index (χ0v) is 17.9. The molecule has 1 heterocycles. The lowest BCUT2D eigenvalue weighted by Gasteiger charge is -2.13. The molecule has 0 aliphatic carbocycles. The number of rotatable bonds is 11. The van der Waals surface area contributed by atoms with Gasteiger partial charge in [0, 0.05) is 24.6 Å². The van der Waals surface area contributed by atoms with Crippen molar-refractivity contribution >= 4 is 28.9 Å². The summed E-state index contributed by atoms with van der Waals surface area (Å²) >= 11 is 7.28. The number of nitrogens with one attached hydrogen (secondary N) is 2. The molecule has 154 valence electrons. The van der Waals surface area contributed by atoms with Gasteiger partial charge in [0.2, 0.25) is 0 Å². The van der Waals surface area contributed by atoms with Crippen molar-refractivity contribution in [3.8, 4) is 5.75 Å². The summed E-state index contributed by atoms with van der Waals surface area (Å²) in [5.41, 5.74) is 1.12. The number of aliphatic imine (C=N–C) groups is 1. The molecule has 0 aliphatic heterocycles. The second-order valence-electron chi connectivity index (χ2n) is 6.06. The minimum atomic E-state index is -0.652. The first kappa shape index (κ1) is 22.5. The van der Waals surface area contributed by atoms with Crippen LogP contribution in [0.1, 0.15) is 29.9 Å². The van der Waals surface area contributed by atoms with Gasteiger partial charge in [-0.05, 0) is 43.2 Å². The average Bonchev–Trinajstić information content (AvgIpc) is 3.15. The van der Waals surface area contributed by atoms with Crippen LogP contribution in [0.2, 0.25) is 4.34 Å². The lowest BCUT2D eigenvalue weighted by molar-refractivity contribution is 0.119. The van der Waals surface area contributed by atoms with Crippen LogP contribution in [0.4, 0.5) is 0 Å². The van der Waals surface area contributed by atoms with Gasteiger partial charge in [-0.15, -0.1) is 11.3 Å². The van der Waals surface area contributed by atoms with Gasteiger partial charge in [-0.2, -0.15) is 0 Å². The first-order valence-electron chi connectivity index (χ1n) is 9.28. The third kappa shape index (κ3) is 8.06. The maximum atomic E-state index is 10.2. The van der Waals surface area contributed by atoms with E-state index >= 15 is 0 Å². The molecule has 1 aromatic carbocycles. The van der Waals surface area contributed by atoms with Crippen molar-refractivity contribution in [1.29, 1.82) is 0 Å². The number of aliphatic hydroxyl groups is 1. The summed E-state index contributed by atoms with van der Waals surface area (Å²) in [5.74, 6) is 1.52. The van der Waals surface area contributed by atoms with E-state index < -0.39 is 6.10 Å². The van der Waals surface area contributed by atoms with Gasteiger partial charge in [-0.25, -0.2) is 0 Å². The van der Waals surface area contributed by atoms with Crippen LogP contribution in [0.5, 0.6) is 5.75 Å². The van der Waals surface area contributed by atoms with Gasteiger partial charge in [-0.3, -0.25) is 4.99 Å². The van der Waals surface area contributed by atoms with Crippen LogP contribution in [0.3, 0.4) is 0 Å². The van der Waals surface area contributed by atoms with Gasteiger partial charge < -0.3 is 25.2 Å². The zero-order valence-electron chi connectivity index (χ0n) is 16.3. The Labute approximate surface area is 175 Å². The molecule has 28 heavy (non-hydrogen) atoms. The third-order valence-corrected chi connectivity index (χ3v) is 5.21. The third-order valence-electron chi connectivity index (χ3n) is 3.87. The molecule has 6 nitrogen and oxygen atoms in total. The number of thiophene rings is 1. The molecule has 0 amide bonds. The molecule has 2 rings (SSSR count). The number of hydrogen-bond acceptors (Lipinski definition) is 5. The molecule has 0 spiro atoms. The second kappa shape index (κ2) is 12.6. The molecule has 1 unspecified atom stereocenters. The summed E-state index contributed by atoms with van der Waals surface area (Å²) < 4.78 is 11.5. The molecule has 0 saturated carbocycles. The van der Waals surface area contributed by atoms with E-state index in [1.54, 1.807) is 13.2 Å². The van der Waals surface area contributed by atoms with Crippen LogP contribution in [0.25, 0.3) is 0 Å².